The molecule has 1 heterocycles. The Labute approximate surface area is 167 Å². The molecule has 0 aliphatic rings. The SMILES string of the molecule is COCCCN(Cc1nc(C(=O)OC)cs1)C(=O)Nc1ccc(C)c(Cl)c1. The number of ether oxygens (including phenoxy) is 2. The summed E-state index contributed by atoms with van der Waals surface area (Å²) in [5.41, 5.74) is 1.78. The van der Waals surface area contributed by atoms with Gasteiger partial charge in [-0.2, -0.15) is 0 Å². The molecule has 0 atom stereocenters. The molecule has 0 unspecified atom stereocenters. The predicted octanol–water partition coefficient (Wildman–Crippen LogP) is 3.96. The van der Waals surface area contributed by atoms with Crippen molar-refractivity contribution in [2.45, 2.75) is 19.9 Å². The van der Waals surface area contributed by atoms with Gasteiger partial charge < -0.3 is 19.7 Å². The molecule has 7 nitrogen and oxygen atoms in total. The summed E-state index contributed by atoms with van der Waals surface area (Å²) in [7, 11) is 2.92. The molecular weight excluding hydrogens is 390 g/mol. The molecule has 0 aliphatic heterocycles. The summed E-state index contributed by atoms with van der Waals surface area (Å²) < 4.78 is 9.73. The van der Waals surface area contributed by atoms with Crippen LogP contribution in [0.15, 0.2) is 23.6 Å². The molecule has 0 saturated heterocycles. The number of urea groups is 1. The van der Waals surface area contributed by atoms with Crippen molar-refractivity contribution in [3.05, 3.63) is 44.9 Å². The summed E-state index contributed by atoms with van der Waals surface area (Å²) in [5, 5.41) is 5.69. The number of benzene rings is 1. The third kappa shape index (κ3) is 6.20. The normalized spacial score (nSPS) is 10.5. The van der Waals surface area contributed by atoms with Gasteiger partial charge in [-0.3, -0.25) is 0 Å². The van der Waals surface area contributed by atoms with Gasteiger partial charge in [0.15, 0.2) is 5.69 Å². The van der Waals surface area contributed by atoms with Crippen LogP contribution in [-0.4, -0.2) is 49.3 Å². The Kier molecular flexibility index (Phi) is 8.02. The number of anilines is 1. The number of carbonyl (C=O) groups excluding carboxylic acids is 2. The third-order valence-corrected chi connectivity index (χ3v) is 5.00. The largest absolute Gasteiger partial charge is 0.464 e. The van der Waals surface area contributed by atoms with Crippen molar-refractivity contribution in [3.8, 4) is 0 Å². The van der Waals surface area contributed by atoms with Crippen molar-refractivity contribution in [2.24, 2.45) is 0 Å². The standard InChI is InChI=1S/C18H22ClN3O4S/c1-12-5-6-13(9-14(12)19)20-18(24)22(7-4-8-25-2)10-16-21-15(11-27-16)17(23)26-3/h5-6,9,11H,4,7-8,10H2,1-3H3,(H,20,24). The number of rotatable bonds is 8. The molecule has 2 amide bonds. The molecule has 1 aromatic carbocycles. The first-order valence-electron chi connectivity index (χ1n) is 8.28. The smallest absolute Gasteiger partial charge is 0.357 e. The lowest BCUT2D eigenvalue weighted by Gasteiger charge is -2.22. The van der Waals surface area contributed by atoms with Crippen molar-refractivity contribution in [1.82, 2.24) is 9.88 Å². The number of amides is 2. The molecule has 0 spiro atoms. The van der Waals surface area contributed by atoms with Gasteiger partial charge in [-0.25, -0.2) is 14.6 Å². The molecule has 0 fully saturated rings. The van der Waals surface area contributed by atoms with Gasteiger partial charge in [-0.15, -0.1) is 11.3 Å². The second-order valence-corrected chi connectivity index (χ2v) is 7.13. The third-order valence-electron chi connectivity index (χ3n) is 3.76. The Hall–Kier alpha value is -2.16. The van der Waals surface area contributed by atoms with E-state index in [2.05, 4.69) is 15.0 Å². The summed E-state index contributed by atoms with van der Waals surface area (Å²) in [4.78, 5) is 30.1. The lowest BCUT2D eigenvalue weighted by atomic mass is 10.2. The molecule has 0 aliphatic carbocycles. The summed E-state index contributed by atoms with van der Waals surface area (Å²) in [6.07, 6.45) is 0.674. The minimum absolute atomic E-state index is 0.236. The molecule has 0 saturated carbocycles. The molecule has 2 aromatic rings. The van der Waals surface area contributed by atoms with Gasteiger partial charge in [-0.05, 0) is 31.0 Å². The minimum Gasteiger partial charge on any atom is -0.464 e. The van der Waals surface area contributed by atoms with E-state index in [0.717, 1.165) is 5.56 Å². The van der Waals surface area contributed by atoms with Crippen molar-refractivity contribution >= 4 is 40.6 Å². The van der Waals surface area contributed by atoms with Crippen LogP contribution in [0.1, 0.15) is 27.5 Å². The number of carbonyl (C=O) groups is 2. The Morgan fingerprint density at radius 1 is 1.33 bits per heavy atom. The van der Waals surface area contributed by atoms with Crippen molar-refractivity contribution in [3.63, 3.8) is 0 Å². The average molecular weight is 412 g/mol. The van der Waals surface area contributed by atoms with E-state index in [1.165, 1.54) is 18.4 Å². The van der Waals surface area contributed by atoms with E-state index in [1.807, 2.05) is 13.0 Å². The maximum absolute atomic E-state index is 12.7. The van der Waals surface area contributed by atoms with Gasteiger partial charge in [0.05, 0.1) is 13.7 Å². The molecule has 1 aromatic heterocycles. The van der Waals surface area contributed by atoms with Gasteiger partial charge in [0.2, 0.25) is 0 Å². The van der Waals surface area contributed by atoms with E-state index in [1.54, 1.807) is 29.5 Å². The highest BCUT2D eigenvalue weighted by atomic mass is 35.5. The minimum atomic E-state index is -0.498. The summed E-state index contributed by atoms with van der Waals surface area (Å²) in [6.45, 7) is 3.18. The monoisotopic (exact) mass is 411 g/mol. The number of hydrogen-bond acceptors (Lipinski definition) is 6. The quantitative estimate of drug-likeness (QED) is 0.525. The number of aromatic nitrogens is 1. The van der Waals surface area contributed by atoms with Crippen molar-refractivity contribution < 1.29 is 19.1 Å². The molecule has 1 N–H and O–H groups in total. The van der Waals surface area contributed by atoms with Gasteiger partial charge in [-0.1, -0.05) is 17.7 Å². The van der Waals surface area contributed by atoms with Crippen molar-refractivity contribution in [1.29, 1.82) is 0 Å². The summed E-state index contributed by atoms with van der Waals surface area (Å²) >= 11 is 7.42. The van der Waals surface area contributed by atoms with E-state index < -0.39 is 5.97 Å². The average Bonchev–Trinajstić information content (AvgIpc) is 3.12. The van der Waals surface area contributed by atoms with E-state index in [9.17, 15) is 9.59 Å². The second kappa shape index (κ2) is 10.2. The fourth-order valence-corrected chi connectivity index (χ4v) is 3.23. The molecule has 146 valence electrons. The molecule has 2 rings (SSSR count). The molecule has 27 heavy (non-hydrogen) atoms. The number of nitrogens with one attached hydrogen (secondary N) is 1. The van der Waals surface area contributed by atoms with Crippen LogP contribution in [0, 0.1) is 6.92 Å². The number of aryl methyl sites for hydroxylation is 1. The predicted molar refractivity (Wildman–Crippen MR) is 106 cm³/mol. The van der Waals surface area contributed by atoms with Crippen LogP contribution in [-0.2, 0) is 16.0 Å². The van der Waals surface area contributed by atoms with E-state index in [-0.39, 0.29) is 18.3 Å². The lowest BCUT2D eigenvalue weighted by molar-refractivity contribution is 0.0594. The first-order valence-corrected chi connectivity index (χ1v) is 9.54. The molecule has 0 radical (unpaired) electrons. The summed E-state index contributed by atoms with van der Waals surface area (Å²) in [5.74, 6) is -0.498. The highest BCUT2D eigenvalue weighted by Gasteiger charge is 2.18. The molecule has 9 heteroatoms. The number of thiazole rings is 1. The maximum atomic E-state index is 12.7. The second-order valence-electron chi connectivity index (χ2n) is 5.78. The zero-order valence-corrected chi connectivity index (χ0v) is 17.0. The zero-order chi connectivity index (χ0) is 19.8. The van der Waals surface area contributed by atoms with Crippen LogP contribution in [0.5, 0.6) is 0 Å². The van der Waals surface area contributed by atoms with Crippen molar-refractivity contribution in [2.75, 3.05) is 32.7 Å². The Morgan fingerprint density at radius 2 is 2.11 bits per heavy atom. The number of methoxy groups -OCH3 is 2. The van der Waals surface area contributed by atoms with Gasteiger partial charge >= 0.3 is 12.0 Å². The van der Waals surface area contributed by atoms with E-state index in [0.29, 0.717) is 35.3 Å². The highest BCUT2D eigenvalue weighted by Crippen LogP contribution is 2.21. The first kappa shape index (κ1) is 21.1. The number of halogens is 1. The summed E-state index contributed by atoms with van der Waals surface area (Å²) in [6, 6.07) is 5.07. The first-order chi connectivity index (χ1) is 12.9. The lowest BCUT2D eigenvalue weighted by Crippen LogP contribution is -2.35. The van der Waals surface area contributed by atoms with E-state index in [4.69, 9.17) is 16.3 Å². The van der Waals surface area contributed by atoms with Crippen LogP contribution < -0.4 is 5.32 Å². The fraction of sp³-hybridized carbons (Fsp3) is 0.389. The van der Waals surface area contributed by atoms with Crippen LogP contribution >= 0.6 is 22.9 Å². The van der Waals surface area contributed by atoms with Crippen LogP contribution in [0.4, 0.5) is 10.5 Å². The van der Waals surface area contributed by atoms with Gasteiger partial charge in [0.25, 0.3) is 0 Å². The zero-order valence-electron chi connectivity index (χ0n) is 15.5. The number of hydrogen-bond donors (Lipinski definition) is 1. The Morgan fingerprint density at radius 3 is 2.78 bits per heavy atom. The highest BCUT2D eigenvalue weighted by molar-refractivity contribution is 7.09. The fourth-order valence-electron chi connectivity index (χ4n) is 2.27. The van der Waals surface area contributed by atoms with Gasteiger partial charge in [0, 0.05) is 36.4 Å². The van der Waals surface area contributed by atoms with Crippen LogP contribution in [0.25, 0.3) is 0 Å². The van der Waals surface area contributed by atoms with E-state index >= 15 is 0 Å². The van der Waals surface area contributed by atoms with Crippen LogP contribution in [0.2, 0.25) is 5.02 Å². The maximum Gasteiger partial charge on any atom is 0.357 e. The topological polar surface area (TPSA) is 80.8 Å². The number of nitrogens with zero attached hydrogens (tertiary/aromatic N) is 2. The Balaban J connectivity index is 2.09. The van der Waals surface area contributed by atoms with Gasteiger partial charge in [0.1, 0.15) is 5.01 Å². The van der Waals surface area contributed by atoms with Crippen LogP contribution in [0.3, 0.4) is 0 Å². The molecule has 0 bridgehead atoms. The number of esters is 1. The molecular formula is C18H22ClN3O4S. The Bertz CT molecular complexity index is 797.